The summed E-state index contributed by atoms with van der Waals surface area (Å²) in [5.74, 6) is 0.852. The van der Waals surface area contributed by atoms with Crippen molar-refractivity contribution in [2.75, 3.05) is 20.6 Å². The van der Waals surface area contributed by atoms with E-state index in [0.29, 0.717) is 0 Å². The summed E-state index contributed by atoms with van der Waals surface area (Å²) < 4.78 is 0. The van der Waals surface area contributed by atoms with Crippen molar-refractivity contribution < 1.29 is 0 Å². The van der Waals surface area contributed by atoms with Gasteiger partial charge in [-0.3, -0.25) is 0 Å². The largest absolute Gasteiger partial charge is 0.309 e. The molecule has 0 heterocycles. The molecule has 0 aliphatic carbocycles. The van der Waals surface area contributed by atoms with E-state index in [1.165, 1.54) is 13.0 Å². The molecule has 0 N–H and O–H groups in total. The molecule has 0 fully saturated rings. The highest BCUT2D eigenvalue weighted by atomic mass is 15.0. The lowest BCUT2D eigenvalue weighted by molar-refractivity contribution is 0.334. The first-order valence-electron chi connectivity index (χ1n) is 3.31. The van der Waals surface area contributed by atoms with Crippen molar-refractivity contribution in [1.82, 2.24) is 4.90 Å². The fourth-order valence-electron chi connectivity index (χ4n) is 0.752. The molecule has 50 valence electrons. The van der Waals surface area contributed by atoms with Gasteiger partial charge in [0.1, 0.15) is 0 Å². The van der Waals surface area contributed by atoms with Crippen molar-refractivity contribution in [2.45, 2.75) is 20.3 Å². The van der Waals surface area contributed by atoms with Gasteiger partial charge >= 0.3 is 0 Å². The third-order valence-electron chi connectivity index (χ3n) is 1.37. The lowest BCUT2D eigenvalue weighted by atomic mass is 10.1. The third-order valence-corrected chi connectivity index (χ3v) is 1.37. The quantitative estimate of drug-likeness (QED) is 0.540. The van der Waals surface area contributed by atoms with Gasteiger partial charge in [-0.25, -0.2) is 0 Å². The average Bonchev–Trinajstić information content (AvgIpc) is 1.65. The highest BCUT2D eigenvalue weighted by Gasteiger charge is 1.97. The molecule has 1 nitrogen and oxygen atoms in total. The molecule has 1 heteroatoms. The SMILES string of the molecule is CCC(C)CN(C)C. The zero-order valence-electron chi connectivity index (χ0n) is 6.44. The summed E-state index contributed by atoms with van der Waals surface area (Å²) in [6.07, 6.45) is 1.29. The van der Waals surface area contributed by atoms with Crippen LogP contribution in [-0.2, 0) is 0 Å². The van der Waals surface area contributed by atoms with Gasteiger partial charge in [-0.1, -0.05) is 20.3 Å². The van der Waals surface area contributed by atoms with E-state index in [1.807, 2.05) is 0 Å². The molecule has 1 atom stereocenters. The smallest absolute Gasteiger partial charge is 0.0000818 e. The molecule has 0 aromatic rings. The Hall–Kier alpha value is -0.0400. The van der Waals surface area contributed by atoms with Crippen LogP contribution in [0.4, 0.5) is 0 Å². The Morgan fingerprint density at radius 1 is 1.38 bits per heavy atom. The summed E-state index contributed by atoms with van der Waals surface area (Å²) in [6, 6.07) is 0. The van der Waals surface area contributed by atoms with Gasteiger partial charge in [-0.15, -0.1) is 0 Å². The van der Waals surface area contributed by atoms with Gasteiger partial charge in [-0.05, 0) is 20.0 Å². The van der Waals surface area contributed by atoms with Crippen molar-refractivity contribution >= 4 is 0 Å². The fraction of sp³-hybridized carbons (Fsp3) is 1.00. The van der Waals surface area contributed by atoms with Crippen molar-refractivity contribution in [2.24, 2.45) is 5.92 Å². The number of hydrogen-bond donors (Lipinski definition) is 0. The molecule has 0 saturated heterocycles. The molecule has 0 rings (SSSR count). The molecule has 0 aromatic heterocycles. The molecule has 0 aliphatic heterocycles. The zero-order chi connectivity index (χ0) is 6.57. The highest BCUT2D eigenvalue weighted by Crippen LogP contribution is 1.99. The van der Waals surface area contributed by atoms with Gasteiger partial charge in [0.25, 0.3) is 0 Å². The first kappa shape index (κ1) is 7.96. The van der Waals surface area contributed by atoms with Crippen LogP contribution in [0.2, 0.25) is 0 Å². The molecule has 0 bridgehead atoms. The van der Waals surface area contributed by atoms with Gasteiger partial charge in [0.2, 0.25) is 0 Å². The Morgan fingerprint density at radius 2 is 1.88 bits per heavy atom. The van der Waals surface area contributed by atoms with Crippen molar-refractivity contribution in [3.8, 4) is 0 Å². The van der Waals surface area contributed by atoms with E-state index in [9.17, 15) is 0 Å². The first-order valence-corrected chi connectivity index (χ1v) is 3.31. The molecular weight excluding hydrogens is 98.1 g/mol. The Morgan fingerprint density at radius 3 is 2.00 bits per heavy atom. The predicted molar refractivity (Wildman–Crippen MR) is 38.0 cm³/mol. The maximum absolute atomic E-state index is 2.28. The summed E-state index contributed by atoms with van der Waals surface area (Å²) in [5.41, 5.74) is 0. The van der Waals surface area contributed by atoms with E-state index in [1.54, 1.807) is 0 Å². The molecule has 0 radical (unpaired) electrons. The molecule has 0 aliphatic rings. The standard InChI is InChI=1S/C7H17N/c1-5-7(2)6-8(3)4/h7H,5-6H2,1-4H3. The number of rotatable bonds is 3. The van der Waals surface area contributed by atoms with Crippen LogP contribution in [0.3, 0.4) is 0 Å². The van der Waals surface area contributed by atoms with E-state index in [-0.39, 0.29) is 0 Å². The Labute approximate surface area is 52.7 Å². The van der Waals surface area contributed by atoms with Crippen LogP contribution >= 0.6 is 0 Å². The van der Waals surface area contributed by atoms with Crippen LogP contribution in [0.25, 0.3) is 0 Å². The van der Waals surface area contributed by atoms with Crippen LogP contribution in [0, 0.1) is 5.92 Å². The van der Waals surface area contributed by atoms with Crippen LogP contribution in [0.5, 0.6) is 0 Å². The summed E-state index contributed by atoms with van der Waals surface area (Å²) in [4.78, 5) is 2.23. The second kappa shape index (κ2) is 3.90. The predicted octanol–water partition coefficient (Wildman–Crippen LogP) is 1.59. The van der Waals surface area contributed by atoms with Gasteiger partial charge < -0.3 is 4.90 Å². The highest BCUT2D eigenvalue weighted by molar-refractivity contribution is 4.51. The Balaban J connectivity index is 3.10. The Bertz CT molecular complexity index is 50.3. The number of hydrogen-bond acceptors (Lipinski definition) is 1. The minimum absolute atomic E-state index is 0.852. The van der Waals surface area contributed by atoms with Gasteiger partial charge in [-0.2, -0.15) is 0 Å². The van der Waals surface area contributed by atoms with E-state index in [2.05, 4.69) is 32.8 Å². The second-order valence-corrected chi connectivity index (χ2v) is 2.78. The molecule has 1 unspecified atom stereocenters. The molecular formula is C7H17N. The maximum atomic E-state index is 2.28. The number of nitrogens with zero attached hydrogens (tertiary/aromatic N) is 1. The van der Waals surface area contributed by atoms with E-state index in [4.69, 9.17) is 0 Å². The lowest BCUT2D eigenvalue weighted by Crippen LogP contribution is -2.18. The van der Waals surface area contributed by atoms with Crippen LogP contribution < -0.4 is 0 Å². The van der Waals surface area contributed by atoms with Crippen molar-refractivity contribution in [3.63, 3.8) is 0 Å². The monoisotopic (exact) mass is 115 g/mol. The maximum Gasteiger partial charge on any atom is 0.0000818 e. The summed E-state index contributed by atoms with van der Waals surface area (Å²) >= 11 is 0. The molecule has 0 amide bonds. The lowest BCUT2D eigenvalue weighted by Gasteiger charge is -2.13. The topological polar surface area (TPSA) is 3.24 Å². The van der Waals surface area contributed by atoms with Crippen LogP contribution in [0.1, 0.15) is 20.3 Å². The van der Waals surface area contributed by atoms with E-state index < -0.39 is 0 Å². The van der Waals surface area contributed by atoms with Gasteiger partial charge in [0.05, 0.1) is 0 Å². The zero-order valence-corrected chi connectivity index (χ0v) is 6.44. The summed E-state index contributed by atoms with van der Waals surface area (Å²) in [7, 11) is 4.23. The second-order valence-electron chi connectivity index (χ2n) is 2.78. The van der Waals surface area contributed by atoms with Crippen LogP contribution in [0.15, 0.2) is 0 Å². The summed E-state index contributed by atoms with van der Waals surface area (Å²) in [6.45, 7) is 5.73. The third kappa shape index (κ3) is 4.13. The van der Waals surface area contributed by atoms with Gasteiger partial charge in [0, 0.05) is 6.54 Å². The summed E-state index contributed by atoms with van der Waals surface area (Å²) in [5, 5.41) is 0. The molecule has 0 spiro atoms. The van der Waals surface area contributed by atoms with E-state index in [0.717, 1.165) is 5.92 Å². The minimum atomic E-state index is 0.852. The first-order chi connectivity index (χ1) is 3.66. The minimum Gasteiger partial charge on any atom is -0.309 e. The van der Waals surface area contributed by atoms with E-state index >= 15 is 0 Å². The Kier molecular flexibility index (Phi) is 3.88. The van der Waals surface area contributed by atoms with Crippen molar-refractivity contribution in [3.05, 3.63) is 0 Å². The fourth-order valence-corrected chi connectivity index (χ4v) is 0.752. The van der Waals surface area contributed by atoms with Crippen LogP contribution in [-0.4, -0.2) is 25.5 Å². The van der Waals surface area contributed by atoms with Crippen molar-refractivity contribution in [1.29, 1.82) is 0 Å². The molecule has 0 saturated carbocycles. The average molecular weight is 115 g/mol. The van der Waals surface area contributed by atoms with Gasteiger partial charge in [0.15, 0.2) is 0 Å². The molecule has 0 aromatic carbocycles. The normalized spacial score (nSPS) is 14.6. The molecule has 8 heavy (non-hydrogen) atoms.